The average Bonchev–Trinajstić information content (AvgIpc) is 2.81. The Morgan fingerprint density at radius 2 is 1.81 bits per heavy atom. The Kier molecular flexibility index (Phi) is 6.08. The number of nitrogens with zero attached hydrogens (tertiary/aromatic N) is 4. The van der Waals surface area contributed by atoms with E-state index < -0.39 is 0 Å². The molecule has 4 rings (SSSR count). The van der Waals surface area contributed by atoms with Gasteiger partial charge in [-0.25, -0.2) is 15.0 Å². The third-order valence-electron chi connectivity index (χ3n) is 4.37. The summed E-state index contributed by atoms with van der Waals surface area (Å²) in [5, 5.41) is 5.74. The SMILES string of the molecule is CNc1nccc(-c2cccnc2Oc2ccc(CC(=O)Nc3cccnc3)cc2)n1. The van der Waals surface area contributed by atoms with Crippen molar-refractivity contribution in [3.8, 4) is 22.9 Å². The minimum absolute atomic E-state index is 0.113. The van der Waals surface area contributed by atoms with Gasteiger partial charge in [-0.15, -0.1) is 0 Å². The van der Waals surface area contributed by atoms with Crippen LogP contribution in [-0.2, 0) is 11.2 Å². The van der Waals surface area contributed by atoms with E-state index in [4.69, 9.17) is 4.74 Å². The van der Waals surface area contributed by atoms with Crippen LogP contribution in [0.25, 0.3) is 11.3 Å². The van der Waals surface area contributed by atoms with Crippen LogP contribution in [0.1, 0.15) is 5.56 Å². The molecule has 8 nitrogen and oxygen atoms in total. The fraction of sp³-hybridized carbons (Fsp3) is 0.0870. The lowest BCUT2D eigenvalue weighted by molar-refractivity contribution is -0.115. The first-order valence-corrected chi connectivity index (χ1v) is 9.64. The van der Waals surface area contributed by atoms with Crippen molar-refractivity contribution in [3.63, 3.8) is 0 Å². The zero-order valence-corrected chi connectivity index (χ0v) is 16.8. The van der Waals surface area contributed by atoms with Gasteiger partial charge in [0.05, 0.1) is 29.6 Å². The van der Waals surface area contributed by atoms with Gasteiger partial charge in [-0.3, -0.25) is 9.78 Å². The first kappa shape index (κ1) is 20.0. The lowest BCUT2D eigenvalue weighted by atomic mass is 10.1. The van der Waals surface area contributed by atoms with Crippen LogP contribution in [0.2, 0.25) is 0 Å². The molecule has 2 N–H and O–H groups in total. The van der Waals surface area contributed by atoms with Crippen molar-refractivity contribution in [2.24, 2.45) is 0 Å². The highest BCUT2D eigenvalue weighted by Gasteiger charge is 2.11. The molecule has 0 spiro atoms. The molecule has 0 aliphatic carbocycles. The third kappa shape index (κ3) is 5.18. The molecule has 3 heterocycles. The largest absolute Gasteiger partial charge is 0.438 e. The summed E-state index contributed by atoms with van der Waals surface area (Å²) in [5.74, 6) is 1.45. The zero-order chi connectivity index (χ0) is 21.5. The van der Waals surface area contributed by atoms with Gasteiger partial charge in [0.25, 0.3) is 0 Å². The van der Waals surface area contributed by atoms with Crippen LogP contribution >= 0.6 is 0 Å². The molecule has 0 fully saturated rings. The van der Waals surface area contributed by atoms with E-state index in [9.17, 15) is 4.79 Å². The number of nitrogens with one attached hydrogen (secondary N) is 2. The fourth-order valence-electron chi connectivity index (χ4n) is 2.91. The second-order valence-electron chi connectivity index (χ2n) is 6.58. The molecule has 0 aliphatic heterocycles. The molecule has 154 valence electrons. The van der Waals surface area contributed by atoms with Gasteiger partial charge in [-0.2, -0.15) is 0 Å². The lowest BCUT2D eigenvalue weighted by Crippen LogP contribution is -2.14. The predicted molar refractivity (Wildman–Crippen MR) is 118 cm³/mol. The molecular formula is C23H20N6O2. The summed E-state index contributed by atoms with van der Waals surface area (Å²) in [4.78, 5) is 29.1. The number of amides is 1. The number of carbonyl (C=O) groups excluding carboxylic acids is 1. The van der Waals surface area contributed by atoms with Gasteiger partial charge in [0.15, 0.2) is 0 Å². The van der Waals surface area contributed by atoms with E-state index in [1.807, 2.05) is 36.4 Å². The summed E-state index contributed by atoms with van der Waals surface area (Å²) in [6.45, 7) is 0. The van der Waals surface area contributed by atoms with Crippen molar-refractivity contribution in [2.45, 2.75) is 6.42 Å². The van der Waals surface area contributed by atoms with Crippen LogP contribution in [0.3, 0.4) is 0 Å². The van der Waals surface area contributed by atoms with E-state index in [-0.39, 0.29) is 12.3 Å². The van der Waals surface area contributed by atoms with E-state index in [0.717, 1.165) is 11.1 Å². The van der Waals surface area contributed by atoms with Gasteiger partial charge in [0, 0.05) is 25.6 Å². The van der Waals surface area contributed by atoms with Crippen LogP contribution in [0.15, 0.2) is 79.4 Å². The molecule has 1 amide bonds. The third-order valence-corrected chi connectivity index (χ3v) is 4.37. The molecule has 0 bridgehead atoms. The highest BCUT2D eigenvalue weighted by atomic mass is 16.5. The van der Waals surface area contributed by atoms with Crippen molar-refractivity contribution in [1.29, 1.82) is 0 Å². The highest BCUT2D eigenvalue weighted by Crippen LogP contribution is 2.30. The smallest absolute Gasteiger partial charge is 0.228 e. The molecule has 1 aromatic carbocycles. The summed E-state index contributed by atoms with van der Waals surface area (Å²) < 4.78 is 5.99. The lowest BCUT2D eigenvalue weighted by Gasteiger charge is -2.11. The predicted octanol–water partition coefficient (Wildman–Crippen LogP) is 3.95. The van der Waals surface area contributed by atoms with E-state index in [1.54, 1.807) is 50.0 Å². The normalized spacial score (nSPS) is 10.4. The topological polar surface area (TPSA) is 102 Å². The number of pyridine rings is 2. The van der Waals surface area contributed by atoms with Crippen molar-refractivity contribution < 1.29 is 9.53 Å². The second kappa shape index (κ2) is 9.45. The van der Waals surface area contributed by atoms with Crippen LogP contribution in [0.5, 0.6) is 11.6 Å². The second-order valence-corrected chi connectivity index (χ2v) is 6.58. The average molecular weight is 412 g/mol. The molecule has 0 aliphatic rings. The highest BCUT2D eigenvalue weighted by molar-refractivity contribution is 5.92. The van der Waals surface area contributed by atoms with Crippen molar-refractivity contribution in [3.05, 3.63) is 84.9 Å². The number of rotatable bonds is 7. The van der Waals surface area contributed by atoms with Crippen molar-refractivity contribution in [2.75, 3.05) is 17.7 Å². The molecule has 0 unspecified atom stereocenters. The number of ether oxygens (including phenoxy) is 1. The molecular weight excluding hydrogens is 392 g/mol. The Morgan fingerprint density at radius 3 is 2.58 bits per heavy atom. The first-order valence-electron chi connectivity index (χ1n) is 9.64. The molecule has 4 aromatic rings. The number of carbonyl (C=O) groups is 1. The Hall–Kier alpha value is -4.33. The molecule has 8 heteroatoms. The first-order chi connectivity index (χ1) is 15.2. The number of hydrogen-bond acceptors (Lipinski definition) is 7. The minimum atomic E-state index is -0.113. The molecule has 0 saturated heterocycles. The maximum Gasteiger partial charge on any atom is 0.228 e. The summed E-state index contributed by atoms with van der Waals surface area (Å²) in [5.41, 5.74) is 2.98. The molecule has 0 atom stereocenters. The van der Waals surface area contributed by atoms with Crippen molar-refractivity contribution >= 4 is 17.5 Å². The Morgan fingerprint density at radius 1 is 0.968 bits per heavy atom. The molecule has 0 saturated carbocycles. The van der Waals surface area contributed by atoms with E-state index in [1.165, 1.54) is 0 Å². The summed E-state index contributed by atoms with van der Waals surface area (Å²) in [6, 6.07) is 16.4. The van der Waals surface area contributed by atoms with Crippen LogP contribution in [-0.4, -0.2) is 32.9 Å². The quantitative estimate of drug-likeness (QED) is 0.474. The Labute approximate surface area is 179 Å². The summed E-state index contributed by atoms with van der Waals surface area (Å²) in [6.07, 6.45) is 6.85. The van der Waals surface area contributed by atoms with Gasteiger partial charge in [0.1, 0.15) is 5.75 Å². The minimum Gasteiger partial charge on any atom is -0.438 e. The number of benzene rings is 1. The van der Waals surface area contributed by atoms with Gasteiger partial charge in [-0.05, 0) is 48.0 Å². The fourth-order valence-corrected chi connectivity index (χ4v) is 2.91. The maximum absolute atomic E-state index is 12.2. The Bertz CT molecular complexity index is 1170. The zero-order valence-electron chi connectivity index (χ0n) is 16.8. The van der Waals surface area contributed by atoms with E-state index >= 15 is 0 Å². The standard InChI is InChI=1S/C23H20N6O2/c1-24-23-27-13-10-20(29-23)19-5-3-12-26-22(19)31-18-8-6-16(7-9-18)14-21(30)28-17-4-2-11-25-15-17/h2-13,15H,14H2,1H3,(H,28,30)(H,24,27,29). The maximum atomic E-state index is 12.2. The van der Waals surface area contributed by atoms with Gasteiger partial charge < -0.3 is 15.4 Å². The van der Waals surface area contributed by atoms with Gasteiger partial charge in [-0.1, -0.05) is 12.1 Å². The van der Waals surface area contributed by atoms with E-state index in [2.05, 4.69) is 30.6 Å². The number of hydrogen-bond donors (Lipinski definition) is 2. The van der Waals surface area contributed by atoms with E-state index in [0.29, 0.717) is 29.0 Å². The van der Waals surface area contributed by atoms with Crippen molar-refractivity contribution in [1.82, 2.24) is 19.9 Å². The van der Waals surface area contributed by atoms with Gasteiger partial charge >= 0.3 is 0 Å². The van der Waals surface area contributed by atoms with Crippen LogP contribution in [0.4, 0.5) is 11.6 Å². The monoisotopic (exact) mass is 412 g/mol. The molecule has 3 aromatic heterocycles. The van der Waals surface area contributed by atoms with Crippen LogP contribution in [0, 0.1) is 0 Å². The van der Waals surface area contributed by atoms with Gasteiger partial charge in [0.2, 0.25) is 17.7 Å². The summed E-state index contributed by atoms with van der Waals surface area (Å²) in [7, 11) is 1.76. The molecule has 31 heavy (non-hydrogen) atoms. The van der Waals surface area contributed by atoms with Crippen LogP contribution < -0.4 is 15.4 Å². The summed E-state index contributed by atoms with van der Waals surface area (Å²) >= 11 is 0. The number of aromatic nitrogens is 4. The number of anilines is 2. The Balaban J connectivity index is 1.45. The molecule has 0 radical (unpaired) electrons.